The lowest BCUT2D eigenvalue weighted by Gasteiger charge is -2.09. The molecule has 0 aliphatic carbocycles. The van der Waals surface area contributed by atoms with Gasteiger partial charge in [-0.25, -0.2) is 9.59 Å². The van der Waals surface area contributed by atoms with Gasteiger partial charge in [0.25, 0.3) is 0 Å². The Hall–Kier alpha value is -3.80. The Morgan fingerprint density at radius 1 is 1.00 bits per heavy atom. The van der Waals surface area contributed by atoms with Gasteiger partial charge in [0, 0.05) is 5.39 Å². The highest BCUT2D eigenvalue weighted by molar-refractivity contribution is 6.09. The molecule has 0 fully saturated rings. The summed E-state index contributed by atoms with van der Waals surface area (Å²) in [5, 5.41) is 14.6. The molecule has 0 spiro atoms. The molecule has 0 unspecified atom stereocenters. The average molecular weight is 361 g/mol. The van der Waals surface area contributed by atoms with Crippen LogP contribution in [-0.4, -0.2) is 11.2 Å². The van der Waals surface area contributed by atoms with E-state index in [9.17, 15) is 14.7 Å². The number of amides is 1. The second-order valence-electron chi connectivity index (χ2n) is 5.99. The van der Waals surface area contributed by atoms with Crippen LogP contribution in [-0.2, 0) is 11.3 Å². The van der Waals surface area contributed by atoms with E-state index < -0.39 is 11.7 Å². The number of rotatable bonds is 3. The summed E-state index contributed by atoms with van der Waals surface area (Å²) in [7, 11) is 0. The summed E-state index contributed by atoms with van der Waals surface area (Å²) >= 11 is 0. The number of hydrogen-bond donors (Lipinski definition) is 2. The number of phenolic OH excluding ortho intramolecular Hbond substituents is 1. The van der Waals surface area contributed by atoms with E-state index in [2.05, 4.69) is 5.32 Å². The van der Waals surface area contributed by atoms with Crippen LogP contribution in [0.4, 0.5) is 10.5 Å². The van der Waals surface area contributed by atoms with E-state index in [-0.39, 0.29) is 23.6 Å². The van der Waals surface area contributed by atoms with Gasteiger partial charge in [-0.3, -0.25) is 5.32 Å². The number of carbonyl (C=O) groups is 1. The zero-order chi connectivity index (χ0) is 18.8. The normalized spacial score (nSPS) is 10.8. The first-order valence-electron chi connectivity index (χ1n) is 8.28. The SMILES string of the molecule is O=C(Nc1cc2c(oc1=O)c(O)cc1ccccc12)OCc1ccccc1. The number of ether oxygens (including phenoxy) is 1. The predicted molar refractivity (Wildman–Crippen MR) is 102 cm³/mol. The summed E-state index contributed by atoms with van der Waals surface area (Å²) in [5.41, 5.74) is 0.0667. The fraction of sp³-hybridized carbons (Fsp3) is 0.0476. The second-order valence-corrected chi connectivity index (χ2v) is 5.99. The minimum absolute atomic E-state index is 0.0590. The van der Waals surface area contributed by atoms with Crippen molar-refractivity contribution >= 4 is 33.5 Å². The van der Waals surface area contributed by atoms with Gasteiger partial charge in [-0.2, -0.15) is 0 Å². The van der Waals surface area contributed by atoms with Gasteiger partial charge >= 0.3 is 11.7 Å². The average Bonchev–Trinajstić information content (AvgIpc) is 2.68. The third-order valence-electron chi connectivity index (χ3n) is 4.17. The van der Waals surface area contributed by atoms with E-state index in [1.54, 1.807) is 0 Å². The fourth-order valence-corrected chi connectivity index (χ4v) is 2.90. The maximum Gasteiger partial charge on any atom is 0.412 e. The highest BCUT2D eigenvalue weighted by Crippen LogP contribution is 2.32. The standard InChI is InChI=1S/C21H15NO5/c23-18-10-14-8-4-5-9-15(14)16-11-17(20(24)27-19(16)18)22-21(25)26-12-13-6-2-1-3-7-13/h1-11,23H,12H2,(H,22,25). The van der Waals surface area contributed by atoms with Gasteiger partial charge in [-0.1, -0.05) is 54.6 Å². The first-order valence-corrected chi connectivity index (χ1v) is 8.28. The number of benzene rings is 3. The molecule has 0 radical (unpaired) electrons. The first-order chi connectivity index (χ1) is 13.1. The lowest BCUT2D eigenvalue weighted by Crippen LogP contribution is -2.18. The smallest absolute Gasteiger partial charge is 0.412 e. The Bertz CT molecular complexity index is 1200. The van der Waals surface area contributed by atoms with Crippen LogP contribution in [0, 0.1) is 0 Å². The zero-order valence-corrected chi connectivity index (χ0v) is 14.1. The van der Waals surface area contributed by atoms with E-state index >= 15 is 0 Å². The summed E-state index contributed by atoms with van der Waals surface area (Å²) in [4.78, 5) is 24.2. The lowest BCUT2D eigenvalue weighted by atomic mass is 10.0. The molecule has 0 saturated carbocycles. The minimum atomic E-state index is -0.773. The van der Waals surface area contributed by atoms with Crippen molar-refractivity contribution in [3.8, 4) is 5.75 Å². The second kappa shape index (κ2) is 6.84. The van der Waals surface area contributed by atoms with Gasteiger partial charge in [0.2, 0.25) is 0 Å². The number of phenols is 1. The molecule has 134 valence electrons. The summed E-state index contributed by atoms with van der Waals surface area (Å²) < 4.78 is 10.3. The molecule has 27 heavy (non-hydrogen) atoms. The molecular formula is C21H15NO5. The van der Waals surface area contributed by atoms with Crippen molar-refractivity contribution in [3.05, 3.63) is 82.7 Å². The summed E-state index contributed by atoms with van der Waals surface area (Å²) in [6, 6.07) is 19.6. The summed E-state index contributed by atoms with van der Waals surface area (Å²) in [6.07, 6.45) is -0.769. The van der Waals surface area contributed by atoms with Gasteiger partial charge < -0.3 is 14.3 Å². The van der Waals surface area contributed by atoms with E-state index in [4.69, 9.17) is 9.15 Å². The van der Waals surface area contributed by atoms with Gasteiger partial charge in [0.15, 0.2) is 11.3 Å². The molecule has 1 aromatic heterocycles. The molecule has 6 heteroatoms. The maximum atomic E-state index is 12.2. The first kappa shape index (κ1) is 16.7. The highest BCUT2D eigenvalue weighted by Gasteiger charge is 2.14. The minimum Gasteiger partial charge on any atom is -0.504 e. The highest BCUT2D eigenvalue weighted by atomic mass is 16.5. The number of aromatic hydroxyl groups is 1. The Kier molecular flexibility index (Phi) is 4.22. The van der Waals surface area contributed by atoms with E-state index in [1.807, 2.05) is 54.6 Å². The molecule has 4 rings (SSSR count). The summed E-state index contributed by atoms with van der Waals surface area (Å²) in [5.74, 6) is -0.140. The lowest BCUT2D eigenvalue weighted by molar-refractivity contribution is 0.155. The quantitative estimate of drug-likeness (QED) is 0.417. The predicted octanol–water partition coefficient (Wildman–Crippen LogP) is 4.40. The molecule has 0 aliphatic heterocycles. The third-order valence-corrected chi connectivity index (χ3v) is 4.17. The maximum absolute atomic E-state index is 12.2. The number of hydrogen-bond acceptors (Lipinski definition) is 5. The van der Waals surface area contributed by atoms with Crippen LogP contribution in [0.3, 0.4) is 0 Å². The topological polar surface area (TPSA) is 88.8 Å². The van der Waals surface area contributed by atoms with Gasteiger partial charge in [0.1, 0.15) is 12.3 Å². The van der Waals surface area contributed by atoms with Crippen molar-refractivity contribution in [2.24, 2.45) is 0 Å². The van der Waals surface area contributed by atoms with Gasteiger partial charge in [0.05, 0.1) is 0 Å². The van der Waals surface area contributed by atoms with Crippen LogP contribution in [0.2, 0.25) is 0 Å². The molecule has 6 nitrogen and oxygen atoms in total. The number of carbonyl (C=O) groups excluding carboxylic acids is 1. The van der Waals surface area contributed by atoms with Crippen molar-refractivity contribution in [3.63, 3.8) is 0 Å². The van der Waals surface area contributed by atoms with Crippen LogP contribution in [0.1, 0.15) is 5.56 Å². The van der Waals surface area contributed by atoms with Crippen molar-refractivity contribution in [2.45, 2.75) is 6.61 Å². The molecule has 0 bridgehead atoms. The van der Waals surface area contributed by atoms with Gasteiger partial charge in [-0.15, -0.1) is 0 Å². The largest absolute Gasteiger partial charge is 0.504 e. The molecular weight excluding hydrogens is 346 g/mol. The van der Waals surface area contributed by atoms with E-state index in [0.29, 0.717) is 5.39 Å². The molecule has 0 saturated heterocycles. The fourth-order valence-electron chi connectivity index (χ4n) is 2.90. The van der Waals surface area contributed by atoms with Crippen LogP contribution in [0.25, 0.3) is 21.7 Å². The van der Waals surface area contributed by atoms with Crippen LogP contribution < -0.4 is 10.9 Å². The molecule has 3 aromatic carbocycles. The van der Waals surface area contributed by atoms with Crippen molar-refractivity contribution in [2.75, 3.05) is 5.32 Å². The van der Waals surface area contributed by atoms with Gasteiger partial charge in [-0.05, 0) is 28.5 Å². The Balaban J connectivity index is 1.65. The molecule has 1 amide bonds. The van der Waals surface area contributed by atoms with E-state index in [0.717, 1.165) is 16.3 Å². The van der Waals surface area contributed by atoms with Crippen molar-refractivity contribution < 1.29 is 19.1 Å². The van der Waals surface area contributed by atoms with E-state index in [1.165, 1.54) is 12.1 Å². The molecule has 0 atom stereocenters. The van der Waals surface area contributed by atoms with Crippen LogP contribution in [0.5, 0.6) is 5.75 Å². The molecule has 0 aliphatic rings. The summed E-state index contributed by atoms with van der Waals surface area (Å²) in [6.45, 7) is 0.0787. The Labute approximate surface area is 153 Å². The van der Waals surface area contributed by atoms with Crippen LogP contribution in [0.15, 0.2) is 75.9 Å². The number of anilines is 1. The zero-order valence-electron chi connectivity index (χ0n) is 14.1. The molecule has 1 heterocycles. The Morgan fingerprint density at radius 2 is 1.74 bits per heavy atom. The van der Waals surface area contributed by atoms with Crippen LogP contribution >= 0.6 is 0 Å². The molecule has 2 N–H and O–H groups in total. The van der Waals surface area contributed by atoms with Crippen molar-refractivity contribution in [1.82, 2.24) is 0 Å². The monoisotopic (exact) mass is 361 g/mol. The Morgan fingerprint density at radius 3 is 2.56 bits per heavy atom. The van der Waals surface area contributed by atoms with Crippen molar-refractivity contribution in [1.29, 1.82) is 0 Å². The number of nitrogens with one attached hydrogen (secondary N) is 1. The molecule has 4 aromatic rings. The number of fused-ring (bicyclic) bond motifs is 3. The third kappa shape index (κ3) is 3.32.